The Morgan fingerprint density at radius 1 is 1.21 bits per heavy atom. The van der Waals surface area contributed by atoms with Gasteiger partial charge >= 0.3 is 18.1 Å². The quantitative estimate of drug-likeness (QED) is 0.204. The van der Waals surface area contributed by atoms with E-state index in [4.69, 9.17) is 15.0 Å². The topological polar surface area (TPSA) is 153 Å². The summed E-state index contributed by atoms with van der Waals surface area (Å²) in [5.74, 6) is -0.778. The maximum Gasteiger partial charge on any atom is 0.433 e. The number of carbonyl (C=O) groups excluding carboxylic acids is 4. The number of esters is 1. The molecular weight excluding hydrogens is 432 g/mol. The van der Waals surface area contributed by atoms with Crippen molar-refractivity contribution in [3.05, 3.63) is 29.8 Å². The lowest BCUT2D eigenvalue weighted by molar-refractivity contribution is -0.147. The zero-order valence-corrected chi connectivity index (χ0v) is 19.1. The first-order valence-electron chi connectivity index (χ1n) is 10.5. The SMILES string of the molecule is CC(C)OC(=O)CCNC(=O)N[C@H]1CCN(c2ccc(C(=N)NOC(=O)N(C)C)cc2)C1=O. The van der Waals surface area contributed by atoms with Gasteiger partial charge < -0.3 is 30.0 Å². The van der Waals surface area contributed by atoms with Crippen LogP contribution in [0.5, 0.6) is 0 Å². The first kappa shape index (κ1) is 25.4. The van der Waals surface area contributed by atoms with E-state index in [0.29, 0.717) is 24.2 Å². The fourth-order valence-corrected chi connectivity index (χ4v) is 2.93. The lowest BCUT2D eigenvalue weighted by Crippen LogP contribution is -2.46. The van der Waals surface area contributed by atoms with Crippen LogP contribution in [-0.4, -0.2) is 74.1 Å². The van der Waals surface area contributed by atoms with Crippen molar-refractivity contribution >= 4 is 35.5 Å². The van der Waals surface area contributed by atoms with Gasteiger partial charge in [0.05, 0.1) is 12.5 Å². The second kappa shape index (κ2) is 11.7. The van der Waals surface area contributed by atoms with Crippen molar-refractivity contribution in [1.82, 2.24) is 21.0 Å². The summed E-state index contributed by atoms with van der Waals surface area (Å²) >= 11 is 0. The molecule has 1 fully saturated rings. The summed E-state index contributed by atoms with van der Waals surface area (Å²) in [6.07, 6.45) is -0.385. The van der Waals surface area contributed by atoms with Gasteiger partial charge in [-0.2, -0.15) is 5.48 Å². The minimum absolute atomic E-state index is 0.0426. The maximum absolute atomic E-state index is 12.7. The van der Waals surface area contributed by atoms with E-state index in [0.717, 1.165) is 0 Å². The molecule has 1 aromatic carbocycles. The third-order valence-corrected chi connectivity index (χ3v) is 4.57. The molecule has 12 nitrogen and oxygen atoms in total. The molecule has 0 radical (unpaired) electrons. The number of hydrogen-bond donors (Lipinski definition) is 4. The zero-order chi connectivity index (χ0) is 24.5. The molecular formula is C21H30N6O6. The molecule has 0 spiro atoms. The average molecular weight is 463 g/mol. The fourth-order valence-electron chi connectivity index (χ4n) is 2.93. The molecule has 4 amide bonds. The van der Waals surface area contributed by atoms with Crippen LogP contribution in [0.3, 0.4) is 0 Å². The Kier molecular flexibility index (Phi) is 9.01. The molecule has 4 N–H and O–H groups in total. The van der Waals surface area contributed by atoms with Crippen LogP contribution in [0.15, 0.2) is 24.3 Å². The number of amidine groups is 1. The second-order valence-corrected chi connectivity index (χ2v) is 7.81. The number of nitrogens with one attached hydrogen (secondary N) is 4. The van der Waals surface area contributed by atoms with E-state index >= 15 is 0 Å². The molecule has 12 heteroatoms. The molecule has 1 atom stereocenters. The van der Waals surface area contributed by atoms with Crippen LogP contribution in [0.1, 0.15) is 32.3 Å². The van der Waals surface area contributed by atoms with Gasteiger partial charge in [-0.3, -0.25) is 15.0 Å². The molecule has 33 heavy (non-hydrogen) atoms. The number of urea groups is 1. The minimum Gasteiger partial charge on any atom is -0.463 e. The van der Waals surface area contributed by atoms with Crippen LogP contribution in [0.2, 0.25) is 0 Å². The van der Waals surface area contributed by atoms with Crippen molar-refractivity contribution in [2.75, 3.05) is 32.1 Å². The van der Waals surface area contributed by atoms with Gasteiger partial charge in [0.1, 0.15) is 6.04 Å². The summed E-state index contributed by atoms with van der Waals surface area (Å²) in [5.41, 5.74) is 3.34. The summed E-state index contributed by atoms with van der Waals surface area (Å²) in [5, 5.41) is 13.1. The van der Waals surface area contributed by atoms with Crippen molar-refractivity contribution in [1.29, 1.82) is 5.41 Å². The van der Waals surface area contributed by atoms with Crippen LogP contribution in [0, 0.1) is 5.41 Å². The number of rotatable bonds is 7. The number of hydroxylamine groups is 1. The zero-order valence-electron chi connectivity index (χ0n) is 19.1. The van der Waals surface area contributed by atoms with Crippen molar-refractivity contribution in [3.63, 3.8) is 0 Å². The van der Waals surface area contributed by atoms with E-state index in [1.165, 1.54) is 23.9 Å². The predicted molar refractivity (Wildman–Crippen MR) is 120 cm³/mol. The Balaban J connectivity index is 1.82. The van der Waals surface area contributed by atoms with Gasteiger partial charge in [-0.15, -0.1) is 0 Å². The minimum atomic E-state index is -0.683. The predicted octanol–water partition coefficient (Wildman–Crippen LogP) is 0.961. The van der Waals surface area contributed by atoms with Crippen molar-refractivity contribution in [2.24, 2.45) is 0 Å². The molecule has 0 saturated carbocycles. The lowest BCUT2D eigenvalue weighted by Gasteiger charge is -2.18. The van der Waals surface area contributed by atoms with Crippen LogP contribution in [0.25, 0.3) is 0 Å². The van der Waals surface area contributed by atoms with Gasteiger partial charge in [-0.05, 0) is 44.5 Å². The highest BCUT2D eigenvalue weighted by molar-refractivity contribution is 6.02. The van der Waals surface area contributed by atoms with Gasteiger partial charge in [-0.25, -0.2) is 9.59 Å². The van der Waals surface area contributed by atoms with Crippen molar-refractivity contribution in [2.45, 2.75) is 38.8 Å². The van der Waals surface area contributed by atoms with Gasteiger partial charge in [0, 0.05) is 38.4 Å². The van der Waals surface area contributed by atoms with E-state index in [1.54, 1.807) is 38.1 Å². The smallest absolute Gasteiger partial charge is 0.433 e. The number of benzene rings is 1. The fraction of sp³-hybridized carbons (Fsp3) is 0.476. The number of hydrogen-bond acceptors (Lipinski definition) is 7. The molecule has 0 aliphatic carbocycles. The average Bonchev–Trinajstić information content (AvgIpc) is 3.11. The molecule has 2 rings (SSSR count). The van der Waals surface area contributed by atoms with Crippen LogP contribution < -0.4 is 21.0 Å². The van der Waals surface area contributed by atoms with E-state index in [-0.39, 0.29) is 30.8 Å². The largest absolute Gasteiger partial charge is 0.463 e. The summed E-state index contributed by atoms with van der Waals surface area (Å²) in [4.78, 5) is 55.2. The van der Waals surface area contributed by atoms with Gasteiger partial charge in [-0.1, -0.05) is 0 Å². The Hall–Kier alpha value is -3.83. The number of anilines is 1. The molecule has 0 aromatic heterocycles. The van der Waals surface area contributed by atoms with Crippen molar-refractivity contribution < 1.29 is 28.8 Å². The monoisotopic (exact) mass is 462 g/mol. The molecule has 1 aliphatic rings. The number of amides is 4. The lowest BCUT2D eigenvalue weighted by atomic mass is 10.2. The van der Waals surface area contributed by atoms with Crippen molar-refractivity contribution in [3.8, 4) is 0 Å². The Labute approximate surface area is 192 Å². The molecule has 1 aromatic rings. The van der Waals surface area contributed by atoms with Crippen LogP contribution in [0.4, 0.5) is 15.3 Å². The highest BCUT2D eigenvalue weighted by Crippen LogP contribution is 2.22. The standard InChI is InChI=1S/C21H30N6O6/c1-13(2)32-17(28)9-11-23-20(30)24-16-10-12-27(19(16)29)15-7-5-14(6-8-15)18(22)25-33-21(31)26(3)4/h5-8,13,16H,9-12H2,1-4H3,(H2,22,25)(H2,23,24,30)/t16-/m0/s1. The molecule has 1 saturated heterocycles. The highest BCUT2D eigenvalue weighted by atomic mass is 16.7. The van der Waals surface area contributed by atoms with E-state index in [1.807, 2.05) is 0 Å². The number of nitrogens with zero attached hydrogens (tertiary/aromatic N) is 2. The van der Waals surface area contributed by atoms with E-state index < -0.39 is 24.1 Å². The molecule has 1 aliphatic heterocycles. The maximum atomic E-state index is 12.7. The van der Waals surface area contributed by atoms with E-state index in [9.17, 15) is 19.2 Å². The number of carbonyl (C=O) groups is 4. The van der Waals surface area contributed by atoms with E-state index in [2.05, 4.69) is 16.1 Å². The Morgan fingerprint density at radius 3 is 2.48 bits per heavy atom. The summed E-state index contributed by atoms with van der Waals surface area (Å²) in [6.45, 7) is 4.01. The molecule has 0 unspecified atom stereocenters. The summed E-state index contributed by atoms with van der Waals surface area (Å²) in [6, 6.07) is 5.35. The van der Waals surface area contributed by atoms with Gasteiger partial charge in [0.2, 0.25) is 5.91 Å². The van der Waals surface area contributed by atoms with Crippen LogP contribution in [-0.2, 0) is 19.2 Å². The normalized spacial score (nSPS) is 15.1. The summed E-state index contributed by atoms with van der Waals surface area (Å²) in [7, 11) is 3.04. The Morgan fingerprint density at radius 2 is 1.88 bits per heavy atom. The number of ether oxygens (including phenoxy) is 1. The van der Waals surface area contributed by atoms with Crippen LogP contribution >= 0.6 is 0 Å². The molecule has 1 heterocycles. The first-order chi connectivity index (χ1) is 15.6. The summed E-state index contributed by atoms with van der Waals surface area (Å²) < 4.78 is 4.99. The van der Waals surface area contributed by atoms with Gasteiger partial charge in [0.15, 0.2) is 5.84 Å². The third kappa shape index (κ3) is 7.66. The molecule has 0 bridgehead atoms. The second-order valence-electron chi connectivity index (χ2n) is 7.81. The van der Waals surface area contributed by atoms with Gasteiger partial charge in [0.25, 0.3) is 0 Å². The highest BCUT2D eigenvalue weighted by Gasteiger charge is 2.33. The first-order valence-corrected chi connectivity index (χ1v) is 10.5. The Bertz CT molecular complexity index is 886. The third-order valence-electron chi connectivity index (χ3n) is 4.57. The molecule has 180 valence electrons.